The van der Waals surface area contributed by atoms with Gasteiger partial charge in [0.15, 0.2) is 0 Å². The van der Waals surface area contributed by atoms with Gasteiger partial charge in [-0.2, -0.15) is 0 Å². The van der Waals surface area contributed by atoms with Gasteiger partial charge in [0.05, 0.1) is 32.0 Å². The lowest BCUT2D eigenvalue weighted by molar-refractivity contribution is -0.0174. The monoisotopic (exact) mass is 299 g/mol. The van der Waals surface area contributed by atoms with Gasteiger partial charge in [-0.15, -0.1) is 0 Å². The maximum absolute atomic E-state index is 13.1. The summed E-state index contributed by atoms with van der Waals surface area (Å²) in [4.78, 5) is 1.94. The van der Waals surface area contributed by atoms with E-state index >= 15 is 0 Å². The molecule has 0 aliphatic rings. The van der Waals surface area contributed by atoms with Crippen LogP contribution >= 0.6 is 0 Å². The Hall–Kier alpha value is -1.01. The van der Waals surface area contributed by atoms with Gasteiger partial charge in [0.1, 0.15) is 5.82 Å². The number of aliphatic hydroxyl groups is 1. The summed E-state index contributed by atoms with van der Waals surface area (Å²) >= 11 is 0. The predicted molar refractivity (Wildman–Crippen MR) is 80.6 cm³/mol. The Morgan fingerprint density at radius 3 is 2.71 bits per heavy atom. The normalized spacial score (nSPS) is 13.1. The average molecular weight is 299 g/mol. The van der Waals surface area contributed by atoms with E-state index in [9.17, 15) is 9.50 Å². The third-order valence-corrected chi connectivity index (χ3v) is 2.85. The molecule has 0 saturated carbocycles. The Balaban J connectivity index is 2.17. The number of hydrogen-bond acceptors (Lipinski definition) is 4. The van der Waals surface area contributed by atoms with Gasteiger partial charge in [0, 0.05) is 13.1 Å². The SMILES string of the molecule is CC(C)OCCOCC(O)CN(C)Cc1cccc(F)c1. The third kappa shape index (κ3) is 8.78. The standard InChI is InChI=1S/C16H26FNO3/c1-13(2)21-8-7-20-12-16(19)11-18(3)10-14-5-4-6-15(17)9-14/h4-6,9,13,16,19H,7-8,10-12H2,1-3H3. The lowest BCUT2D eigenvalue weighted by atomic mass is 10.2. The van der Waals surface area contributed by atoms with Gasteiger partial charge >= 0.3 is 0 Å². The van der Waals surface area contributed by atoms with Crippen LogP contribution in [0.5, 0.6) is 0 Å². The number of aliphatic hydroxyl groups excluding tert-OH is 1. The second kappa shape index (κ2) is 9.84. The molecular weight excluding hydrogens is 273 g/mol. The molecule has 0 radical (unpaired) electrons. The van der Waals surface area contributed by atoms with Gasteiger partial charge in [-0.25, -0.2) is 4.39 Å². The van der Waals surface area contributed by atoms with Crippen molar-refractivity contribution in [2.45, 2.75) is 32.6 Å². The maximum atomic E-state index is 13.1. The highest BCUT2D eigenvalue weighted by atomic mass is 19.1. The summed E-state index contributed by atoms with van der Waals surface area (Å²) in [6, 6.07) is 6.48. The molecule has 0 heterocycles. The molecule has 0 saturated heterocycles. The molecule has 1 aromatic carbocycles. The first-order chi connectivity index (χ1) is 9.97. The smallest absolute Gasteiger partial charge is 0.123 e. The number of ether oxygens (including phenoxy) is 2. The highest BCUT2D eigenvalue weighted by Gasteiger charge is 2.09. The Bertz CT molecular complexity index is 401. The van der Waals surface area contributed by atoms with Crippen LogP contribution in [0, 0.1) is 5.82 Å². The molecule has 1 rings (SSSR count). The zero-order chi connectivity index (χ0) is 15.7. The van der Waals surface area contributed by atoms with Crippen LogP contribution in [-0.4, -0.2) is 55.6 Å². The minimum atomic E-state index is -0.567. The summed E-state index contributed by atoms with van der Waals surface area (Å²) in [6.07, 6.45) is -0.376. The molecule has 1 aromatic rings. The Labute approximate surface area is 126 Å². The molecule has 21 heavy (non-hydrogen) atoms. The van der Waals surface area contributed by atoms with Crippen LogP contribution in [0.3, 0.4) is 0 Å². The van der Waals surface area contributed by atoms with Crippen LogP contribution in [-0.2, 0) is 16.0 Å². The summed E-state index contributed by atoms with van der Waals surface area (Å²) < 4.78 is 23.8. The number of hydrogen-bond donors (Lipinski definition) is 1. The summed E-state index contributed by atoms with van der Waals surface area (Å²) in [5.41, 5.74) is 0.885. The fourth-order valence-electron chi connectivity index (χ4n) is 1.99. The molecule has 1 unspecified atom stereocenters. The molecule has 0 aliphatic carbocycles. The van der Waals surface area contributed by atoms with E-state index in [2.05, 4.69) is 0 Å². The van der Waals surface area contributed by atoms with Crippen molar-refractivity contribution in [2.24, 2.45) is 0 Å². The molecule has 1 N–H and O–H groups in total. The van der Waals surface area contributed by atoms with Crippen LogP contribution in [0.15, 0.2) is 24.3 Å². The first kappa shape index (κ1) is 18.0. The average Bonchev–Trinajstić information content (AvgIpc) is 2.37. The van der Waals surface area contributed by atoms with Gasteiger partial charge in [0.25, 0.3) is 0 Å². The molecule has 4 nitrogen and oxygen atoms in total. The topological polar surface area (TPSA) is 41.9 Å². The minimum Gasteiger partial charge on any atom is -0.389 e. The van der Waals surface area contributed by atoms with E-state index in [-0.39, 0.29) is 18.5 Å². The summed E-state index contributed by atoms with van der Waals surface area (Å²) in [7, 11) is 1.88. The predicted octanol–water partition coefficient (Wildman–Crippen LogP) is 2.06. The largest absolute Gasteiger partial charge is 0.389 e. The molecule has 0 spiro atoms. The molecule has 0 aliphatic heterocycles. The Morgan fingerprint density at radius 2 is 2.05 bits per heavy atom. The molecule has 1 atom stereocenters. The zero-order valence-electron chi connectivity index (χ0n) is 13.1. The van der Waals surface area contributed by atoms with Gasteiger partial charge in [-0.05, 0) is 38.6 Å². The van der Waals surface area contributed by atoms with Crippen molar-refractivity contribution < 1.29 is 19.0 Å². The van der Waals surface area contributed by atoms with Crippen molar-refractivity contribution in [3.8, 4) is 0 Å². The van der Waals surface area contributed by atoms with Crippen molar-refractivity contribution in [3.05, 3.63) is 35.6 Å². The van der Waals surface area contributed by atoms with E-state index < -0.39 is 6.10 Å². The lowest BCUT2D eigenvalue weighted by Gasteiger charge is -2.20. The second-order valence-electron chi connectivity index (χ2n) is 5.47. The summed E-state index contributed by atoms with van der Waals surface area (Å²) in [5, 5.41) is 9.88. The third-order valence-electron chi connectivity index (χ3n) is 2.85. The van der Waals surface area contributed by atoms with Crippen molar-refractivity contribution in [3.63, 3.8) is 0 Å². The zero-order valence-corrected chi connectivity index (χ0v) is 13.1. The fraction of sp³-hybridized carbons (Fsp3) is 0.625. The van der Waals surface area contributed by atoms with E-state index in [1.807, 2.05) is 31.9 Å². The van der Waals surface area contributed by atoms with E-state index in [4.69, 9.17) is 9.47 Å². The molecular formula is C16H26FNO3. The lowest BCUT2D eigenvalue weighted by Crippen LogP contribution is -2.32. The molecule has 0 amide bonds. The molecule has 120 valence electrons. The summed E-state index contributed by atoms with van der Waals surface area (Å²) in [5.74, 6) is -0.241. The number of likely N-dealkylation sites (N-methyl/N-ethyl adjacent to an activating group) is 1. The first-order valence-electron chi connectivity index (χ1n) is 7.27. The quantitative estimate of drug-likeness (QED) is 0.672. The highest BCUT2D eigenvalue weighted by molar-refractivity contribution is 5.16. The van der Waals surface area contributed by atoms with Crippen molar-refractivity contribution in [2.75, 3.05) is 33.4 Å². The van der Waals surface area contributed by atoms with Crippen LogP contribution in [0.25, 0.3) is 0 Å². The number of rotatable bonds is 10. The maximum Gasteiger partial charge on any atom is 0.123 e. The van der Waals surface area contributed by atoms with Crippen LogP contribution in [0.1, 0.15) is 19.4 Å². The van der Waals surface area contributed by atoms with Gasteiger partial charge in [-0.1, -0.05) is 12.1 Å². The van der Waals surface area contributed by atoms with Crippen LogP contribution in [0.4, 0.5) is 4.39 Å². The van der Waals surface area contributed by atoms with Gasteiger partial charge in [-0.3, -0.25) is 4.90 Å². The molecule has 5 heteroatoms. The number of benzene rings is 1. The first-order valence-corrected chi connectivity index (χ1v) is 7.27. The van der Waals surface area contributed by atoms with E-state index in [1.54, 1.807) is 6.07 Å². The van der Waals surface area contributed by atoms with Crippen LogP contribution < -0.4 is 0 Å². The van der Waals surface area contributed by atoms with Crippen molar-refractivity contribution in [1.82, 2.24) is 4.90 Å². The molecule has 0 aromatic heterocycles. The Kier molecular flexibility index (Phi) is 8.45. The van der Waals surface area contributed by atoms with E-state index in [0.29, 0.717) is 26.3 Å². The van der Waals surface area contributed by atoms with Crippen LogP contribution in [0.2, 0.25) is 0 Å². The number of halogens is 1. The van der Waals surface area contributed by atoms with E-state index in [1.165, 1.54) is 12.1 Å². The fourth-order valence-corrected chi connectivity index (χ4v) is 1.99. The molecule has 0 bridgehead atoms. The second-order valence-corrected chi connectivity index (χ2v) is 5.47. The molecule has 0 fully saturated rings. The van der Waals surface area contributed by atoms with Gasteiger partial charge < -0.3 is 14.6 Å². The highest BCUT2D eigenvalue weighted by Crippen LogP contribution is 2.06. The van der Waals surface area contributed by atoms with E-state index in [0.717, 1.165) is 5.56 Å². The summed E-state index contributed by atoms with van der Waals surface area (Å²) in [6.45, 7) is 6.28. The minimum absolute atomic E-state index is 0.191. The number of nitrogens with zero attached hydrogens (tertiary/aromatic N) is 1. The van der Waals surface area contributed by atoms with Gasteiger partial charge in [0.2, 0.25) is 0 Å². The van der Waals surface area contributed by atoms with Crippen molar-refractivity contribution in [1.29, 1.82) is 0 Å². The van der Waals surface area contributed by atoms with Crippen molar-refractivity contribution >= 4 is 0 Å². The Morgan fingerprint density at radius 1 is 1.29 bits per heavy atom.